The van der Waals surface area contributed by atoms with Crippen LogP contribution in [0, 0.1) is 11.8 Å². The molecule has 0 N–H and O–H groups in total. The molecule has 1 nitrogen and oxygen atoms in total. The van der Waals surface area contributed by atoms with Crippen molar-refractivity contribution >= 4 is 0 Å². The molecule has 1 heteroatoms. The maximum Gasteiger partial charge on any atom is 0.0283 e. The number of hydrogen-bond acceptors (Lipinski definition) is 1. The van der Waals surface area contributed by atoms with E-state index < -0.39 is 0 Å². The van der Waals surface area contributed by atoms with E-state index >= 15 is 0 Å². The van der Waals surface area contributed by atoms with Gasteiger partial charge in [0.2, 0.25) is 0 Å². The van der Waals surface area contributed by atoms with Gasteiger partial charge < -0.3 is 4.90 Å². The van der Waals surface area contributed by atoms with Gasteiger partial charge in [-0.1, -0.05) is 33.8 Å². The van der Waals surface area contributed by atoms with Gasteiger partial charge >= 0.3 is 0 Å². The van der Waals surface area contributed by atoms with Crippen LogP contribution in [0.25, 0.3) is 0 Å². The summed E-state index contributed by atoms with van der Waals surface area (Å²) in [7, 11) is 0. The fourth-order valence-corrected chi connectivity index (χ4v) is 1.73. The Morgan fingerprint density at radius 1 is 1.23 bits per heavy atom. The molecule has 78 valence electrons. The van der Waals surface area contributed by atoms with E-state index in [9.17, 15) is 0 Å². The first-order valence-electron chi connectivity index (χ1n) is 5.46. The van der Waals surface area contributed by atoms with E-state index in [2.05, 4.69) is 46.1 Å². The Bertz CT molecular complexity index is 142. The predicted molar refractivity (Wildman–Crippen MR) is 60.7 cm³/mol. The van der Waals surface area contributed by atoms with Crippen molar-refractivity contribution < 1.29 is 0 Å². The second-order valence-corrected chi connectivity index (χ2v) is 4.00. The third kappa shape index (κ3) is 3.41. The summed E-state index contributed by atoms with van der Waals surface area (Å²) in [5, 5.41) is 0. The minimum atomic E-state index is 0.609. The van der Waals surface area contributed by atoms with E-state index in [1.54, 1.807) is 0 Å². The monoisotopic (exact) mass is 183 g/mol. The standard InChI is InChI=1S/C12H25N/c1-7-10(4)11(5)12(6)13(8-2)9-3/h8,10-12H,2,7,9H2,1,3-6H3/t10-,11?,12?/m1/s1. The highest BCUT2D eigenvalue weighted by Gasteiger charge is 2.20. The van der Waals surface area contributed by atoms with Crippen molar-refractivity contribution in [2.75, 3.05) is 6.54 Å². The zero-order valence-corrected chi connectivity index (χ0v) is 9.88. The lowest BCUT2D eigenvalue weighted by atomic mass is 9.87. The van der Waals surface area contributed by atoms with Gasteiger partial charge in [0.1, 0.15) is 0 Å². The highest BCUT2D eigenvalue weighted by molar-refractivity contribution is 4.81. The van der Waals surface area contributed by atoms with Crippen molar-refractivity contribution in [2.45, 2.75) is 47.1 Å². The van der Waals surface area contributed by atoms with Crippen molar-refractivity contribution in [2.24, 2.45) is 11.8 Å². The van der Waals surface area contributed by atoms with Crippen molar-refractivity contribution in [3.8, 4) is 0 Å². The Labute approximate surface area is 83.8 Å². The van der Waals surface area contributed by atoms with Gasteiger partial charge in [-0.05, 0) is 31.9 Å². The van der Waals surface area contributed by atoms with Crippen LogP contribution in [0.1, 0.15) is 41.0 Å². The summed E-state index contributed by atoms with van der Waals surface area (Å²) in [5.74, 6) is 1.53. The van der Waals surface area contributed by atoms with Gasteiger partial charge in [0, 0.05) is 12.6 Å². The maximum atomic E-state index is 3.85. The van der Waals surface area contributed by atoms with Crippen LogP contribution in [0.4, 0.5) is 0 Å². The first-order valence-corrected chi connectivity index (χ1v) is 5.46. The van der Waals surface area contributed by atoms with E-state index in [0.29, 0.717) is 6.04 Å². The smallest absolute Gasteiger partial charge is 0.0283 e. The molecule has 0 aromatic rings. The summed E-state index contributed by atoms with van der Waals surface area (Å²) in [6.07, 6.45) is 3.23. The molecule has 13 heavy (non-hydrogen) atoms. The fourth-order valence-electron chi connectivity index (χ4n) is 1.73. The molecule has 0 aliphatic heterocycles. The quantitative estimate of drug-likeness (QED) is 0.609. The van der Waals surface area contributed by atoms with Crippen LogP contribution in [-0.2, 0) is 0 Å². The normalized spacial score (nSPS) is 17.6. The van der Waals surface area contributed by atoms with Gasteiger partial charge in [0.15, 0.2) is 0 Å². The molecule has 0 heterocycles. The van der Waals surface area contributed by atoms with Crippen LogP contribution < -0.4 is 0 Å². The summed E-state index contributed by atoms with van der Waals surface area (Å²) >= 11 is 0. The summed E-state index contributed by atoms with van der Waals surface area (Å²) < 4.78 is 0. The molecule has 0 aliphatic carbocycles. The number of hydrogen-bond donors (Lipinski definition) is 0. The summed E-state index contributed by atoms with van der Waals surface area (Å²) in [4.78, 5) is 2.32. The van der Waals surface area contributed by atoms with Gasteiger partial charge in [-0.15, -0.1) is 0 Å². The summed E-state index contributed by atoms with van der Waals surface area (Å²) in [5.41, 5.74) is 0. The lowest BCUT2D eigenvalue weighted by Crippen LogP contribution is -2.35. The van der Waals surface area contributed by atoms with Crippen molar-refractivity contribution in [3.63, 3.8) is 0 Å². The van der Waals surface area contributed by atoms with Gasteiger partial charge in [0.05, 0.1) is 0 Å². The molecule has 2 unspecified atom stereocenters. The molecule has 3 atom stereocenters. The molecular formula is C12H25N. The minimum Gasteiger partial charge on any atom is -0.375 e. The molecule has 0 saturated carbocycles. The molecule has 0 aliphatic rings. The first-order chi connectivity index (χ1) is 6.08. The lowest BCUT2D eigenvalue weighted by molar-refractivity contribution is 0.187. The largest absolute Gasteiger partial charge is 0.375 e. The second kappa shape index (κ2) is 6.06. The second-order valence-electron chi connectivity index (χ2n) is 4.00. The number of nitrogens with zero attached hydrogens (tertiary/aromatic N) is 1. The molecule has 0 rings (SSSR count). The first kappa shape index (κ1) is 12.5. The van der Waals surface area contributed by atoms with E-state index in [-0.39, 0.29) is 0 Å². The van der Waals surface area contributed by atoms with Gasteiger partial charge in [-0.3, -0.25) is 0 Å². The van der Waals surface area contributed by atoms with Crippen LogP contribution in [0.3, 0.4) is 0 Å². The molecule has 0 amide bonds. The van der Waals surface area contributed by atoms with Crippen LogP contribution in [-0.4, -0.2) is 17.5 Å². The minimum absolute atomic E-state index is 0.609. The highest BCUT2D eigenvalue weighted by atomic mass is 15.1. The van der Waals surface area contributed by atoms with Crippen molar-refractivity contribution in [1.82, 2.24) is 4.90 Å². The third-order valence-electron chi connectivity index (χ3n) is 3.43. The van der Waals surface area contributed by atoms with Crippen LogP contribution >= 0.6 is 0 Å². The molecule has 0 fully saturated rings. The summed E-state index contributed by atoms with van der Waals surface area (Å²) in [6, 6.07) is 0.609. The highest BCUT2D eigenvalue weighted by Crippen LogP contribution is 2.21. The van der Waals surface area contributed by atoms with E-state index in [4.69, 9.17) is 0 Å². The molecular weight excluding hydrogens is 158 g/mol. The Morgan fingerprint density at radius 2 is 1.77 bits per heavy atom. The van der Waals surface area contributed by atoms with E-state index in [0.717, 1.165) is 18.4 Å². The average molecular weight is 183 g/mol. The molecule has 0 aromatic heterocycles. The predicted octanol–water partition coefficient (Wildman–Crippen LogP) is 3.52. The van der Waals surface area contributed by atoms with E-state index in [1.165, 1.54) is 6.42 Å². The molecule has 0 bridgehead atoms. The Kier molecular flexibility index (Phi) is 5.85. The average Bonchev–Trinajstić information content (AvgIpc) is 2.17. The zero-order valence-electron chi connectivity index (χ0n) is 9.88. The SMILES string of the molecule is C=CN(CC)C(C)C(C)[C@H](C)CC. The van der Waals surface area contributed by atoms with E-state index in [1.807, 2.05) is 6.20 Å². The Balaban J connectivity index is 4.21. The van der Waals surface area contributed by atoms with Crippen molar-refractivity contribution in [3.05, 3.63) is 12.8 Å². The molecule has 0 radical (unpaired) electrons. The molecule has 0 spiro atoms. The van der Waals surface area contributed by atoms with Gasteiger partial charge in [-0.2, -0.15) is 0 Å². The maximum absolute atomic E-state index is 3.85. The van der Waals surface area contributed by atoms with Crippen LogP contribution in [0.15, 0.2) is 12.8 Å². The molecule has 0 aromatic carbocycles. The van der Waals surface area contributed by atoms with Gasteiger partial charge in [0.25, 0.3) is 0 Å². The van der Waals surface area contributed by atoms with Gasteiger partial charge in [-0.25, -0.2) is 0 Å². The van der Waals surface area contributed by atoms with Crippen LogP contribution in [0.2, 0.25) is 0 Å². The van der Waals surface area contributed by atoms with Crippen molar-refractivity contribution in [1.29, 1.82) is 0 Å². The third-order valence-corrected chi connectivity index (χ3v) is 3.43. The Hall–Kier alpha value is -0.460. The Morgan fingerprint density at radius 3 is 2.08 bits per heavy atom. The number of rotatable bonds is 6. The summed E-state index contributed by atoms with van der Waals surface area (Å²) in [6.45, 7) is 16.3. The van der Waals surface area contributed by atoms with Crippen LogP contribution in [0.5, 0.6) is 0 Å². The lowest BCUT2D eigenvalue weighted by Gasteiger charge is -2.34. The molecule has 0 saturated heterocycles. The zero-order chi connectivity index (χ0) is 10.4. The fraction of sp³-hybridized carbons (Fsp3) is 0.833. The topological polar surface area (TPSA) is 3.24 Å².